The Hall–Kier alpha value is -0.930. The normalized spacial score (nSPS) is 18.5. The van der Waals surface area contributed by atoms with Crippen molar-refractivity contribution in [1.29, 1.82) is 0 Å². The zero-order chi connectivity index (χ0) is 16.3. The Bertz CT molecular complexity index is 506. The van der Waals surface area contributed by atoms with Gasteiger partial charge in [0.1, 0.15) is 11.8 Å². The van der Waals surface area contributed by atoms with Crippen LogP contribution >= 0.6 is 15.9 Å². The van der Waals surface area contributed by atoms with Gasteiger partial charge in [0, 0.05) is 36.2 Å². The van der Waals surface area contributed by atoms with Crippen molar-refractivity contribution in [2.24, 2.45) is 0 Å². The van der Waals surface area contributed by atoms with E-state index in [1.54, 1.807) is 0 Å². The minimum absolute atomic E-state index is 0.177. The molecule has 22 heavy (non-hydrogen) atoms. The van der Waals surface area contributed by atoms with Gasteiger partial charge in [0.2, 0.25) is 0 Å². The molecular weight excluding hydrogens is 375 g/mol. The van der Waals surface area contributed by atoms with Crippen molar-refractivity contribution in [2.75, 3.05) is 26.2 Å². The van der Waals surface area contributed by atoms with Crippen LogP contribution in [0.2, 0.25) is 0 Å². The Morgan fingerprint density at radius 1 is 1.18 bits per heavy atom. The predicted molar refractivity (Wildman–Crippen MR) is 74.0 cm³/mol. The predicted octanol–water partition coefficient (Wildman–Crippen LogP) is 3.56. The summed E-state index contributed by atoms with van der Waals surface area (Å²) < 4.78 is 68.8. The van der Waals surface area contributed by atoms with E-state index in [2.05, 4.69) is 26.0 Å². The molecule has 1 saturated heterocycles. The Balaban J connectivity index is 2.38. The van der Waals surface area contributed by atoms with E-state index in [4.69, 9.17) is 0 Å². The van der Waals surface area contributed by atoms with Crippen molar-refractivity contribution >= 4 is 15.9 Å². The summed E-state index contributed by atoms with van der Waals surface area (Å²) in [6.07, 6.45) is -7.76. The molecule has 1 aliphatic heterocycles. The summed E-state index contributed by atoms with van der Waals surface area (Å²) >= 11 is 3.10. The summed E-state index contributed by atoms with van der Waals surface area (Å²) in [5.74, 6) is -0.598. The van der Waals surface area contributed by atoms with Crippen LogP contribution in [0.15, 0.2) is 22.7 Å². The fraction of sp³-hybridized carbons (Fsp3) is 0.538. The second-order valence-electron chi connectivity index (χ2n) is 4.80. The fourth-order valence-electron chi connectivity index (χ4n) is 2.42. The van der Waals surface area contributed by atoms with Crippen molar-refractivity contribution in [2.45, 2.75) is 18.8 Å². The first kappa shape index (κ1) is 17.4. The van der Waals surface area contributed by atoms with Gasteiger partial charge in [0.05, 0.1) is 0 Å². The van der Waals surface area contributed by atoms with Gasteiger partial charge < -0.3 is 10.1 Å². The van der Waals surface area contributed by atoms with Gasteiger partial charge in [-0.3, -0.25) is 4.90 Å². The first-order valence-electron chi connectivity index (χ1n) is 6.56. The lowest BCUT2D eigenvalue weighted by molar-refractivity contribution is -0.275. The Morgan fingerprint density at radius 2 is 1.82 bits per heavy atom. The Kier molecular flexibility index (Phi) is 5.62. The number of rotatable bonds is 4. The average Bonchev–Trinajstić information content (AvgIpc) is 2.41. The van der Waals surface area contributed by atoms with Gasteiger partial charge in [0.25, 0.3) is 6.43 Å². The Labute approximate surface area is 132 Å². The molecule has 1 aromatic carbocycles. The molecule has 1 aliphatic rings. The van der Waals surface area contributed by atoms with Crippen molar-refractivity contribution in [3.8, 4) is 5.75 Å². The Morgan fingerprint density at radius 3 is 2.36 bits per heavy atom. The van der Waals surface area contributed by atoms with E-state index in [0.29, 0.717) is 30.7 Å². The number of halogens is 6. The monoisotopic (exact) mass is 388 g/mol. The zero-order valence-electron chi connectivity index (χ0n) is 11.3. The van der Waals surface area contributed by atoms with Crippen LogP contribution in [-0.2, 0) is 0 Å². The average molecular weight is 389 g/mol. The topological polar surface area (TPSA) is 24.5 Å². The van der Waals surface area contributed by atoms with E-state index in [-0.39, 0.29) is 5.56 Å². The van der Waals surface area contributed by atoms with E-state index in [1.165, 1.54) is 17.0 Å². The molecule has 1 heterocycles. The molecule has 0 aromatic heterocycles. The van der Waals surface area contributed by atoms with Crippen molar-refractivity contribution in [3.05, 3.63) is 28.2 Å². The van der Waals surface area contributed by atoms with Gasteiger partial charge in [-0.1, -0.05) is 15.9 Å². The first-order valence-corrected chi connectivity index (χ1v) is 7.35. The molecule has 1 aromatic rings. The van der Waals surface area contributed by atoms with Crippen LogP contribution in [0.25, 0.3) is 0 Å². The highest BCUT2D eigenvalue weighted by atomic mass is 79.9. The lowest BCUT2D eigenvalue weighted by atomic mass is 10.0. The molecule has 124 valence electrons. The van der Waals surface area contributed by atoms with Crippen molar-refractivity contribution < 1.29 is 26.7 Å². The van der Waals surface area contributed by atoms with Gasteiger partial charge in [0.15, 0.2) is 0 Å². The SMILES string of the molecule is FC(F)[C@H](c1cc(Br)ccc1OC(F)(F)F)N1CCNCC1. The quantitative estimate of drug-likeness (QED) is 0.798. The number of hydrogen-bond donors (Lipinski definition) is 1. The van der Waals surface area contributed by atoms with Gasteiger partial charge >= 0.3 is 6.36 Å². The highest BCUT2D eigenvalue weighted by Gasteiger charge is 2.37. The molecule has 3 nitrogen and oxygen atoms in total. The number of benzene rings is 1. The third kappa shape index (κ3) is 4.53. The van der Waals surface area contributed by atoms with Crippen LogP contribution < -0.4 is 10.1 Å². The standard InChI is InChI=1S/C13H14BrF5N2O/c14-8-1-2-10(22-13(17,18)19)9(7-8)11(12(15)16)21-5-3-20-4-6-21/h1-2,7,11-12,20H,3-6H2/t11-/m0/s1. The van der Waals surface area contributed by atoms with Crippen molar-refractivity contribution in [3.63, 3.8) is 0 Å². The molecule has 2 rings (SSSR count). The molecule has 0 saturated carbocycles. The van der Waals surface area contributed by atoms with E-state index >= 15 is 0 Å². The van der Waals surface area contributed by atoms with E-state index in [0.717, 1.165) is 6.07 Å². The van der Waals surface area contributed by atoms with E-state index in [1.807, 2.05) is 0 Å². The minimum atomic E-state index is -4.93. The fourth-order valence-corrected chi connectivity index (χ4v) is 2.80. The lowest BCUT2D eigenvalue weighted by Crippen LogP contribution is -2.47. The second kappa shape index (κ2) is 7.10. The molecule has 0 bridgehead atoms. The number of nitrogens with one attached hydrogen (secondary N) is 1. The second-order valence-corrected chi connectivity index (χ2v) is 5.71. The maximum Gasteiger partial charge on any atom is 0.573 e. The van der Waals surface area contributed by atoms with Gasteiger partial charge in [-0.2, -0.15) is 0 Å². The van der Waals surface area contributed by atoms with Gasteiger partial charge in [-0.25, -0.2) is 8.78 Å². The summed E-state index contributed by atoms with van der Waals surface area (Å²) in [5, 5.41) is 3.02. The van der Waals surface area contributed by atoms with Crippen molar-refractivity contribution in [1.82, 2.24) is 10.2 Å². The molecule has 1 fully saturated rings. The number of nitrogens with zero attached hydrogens (tertiary/aromatic N) is 1. The molecule has 0 amide bonds. The van der Waals surface area contributed by atoms with Crippen LogP contribution in [0.1, 0.15) is 11.6 Å². The van der Waals surface area contributed by atoms with Crippen LogP contribution in [0, 0.1) is 0 Å². The molecule has 0 unspecified atom stereocenters. The van der Waals surface area contributed by atoms with Crippen LogP contribution in [0.3, 0.4) is 0 Å². The number of ether oxygens (including phenoxy) is 1. The van der Waals surface area contributed by atoms with E-state index < -0.39 is 24.6 Å². The summed E-state index contributed by atoms with van der Waals surface area (Å²) in [6, 6.07) is 2.17. The molecular formula is C13H14BrF5N2O. The lowest BCUT2D eigenvalue weighted by Gasteiger charge is -2.35. The highest BCUT2D eigenvalue weighted by molar-refractivity contribution is 9.10. The molecule has 0 spiro atoms. The third-order valence-electron chi connectivity index (χ3n) is 3.30. The van der Waals surface area contributed by atoms with Gasteiger partial charge in [-0.15, -0.1) is 13.2 Å². The molecule has 9 heteroatoms. The first-order chi connectivity index (χ1) is 10.3. The molecule has 1 atom stereocenters. The maximum atomic E-state index is 13.5. The molecule has 0 radical (unpaired) electrons. The third-order valence-corrected chi connectivity index (χ3v) is 3.79. The number of alkyl halides is 5. The summed E-state index contributed by atoms with van der Waals surface area (Å²) in [7, 11) is 0. The number of hydrogen-bond acceptors (Lipinski definition) is 3. The number of piperazine rings is 1. The largest absolute Gasteiger partial charge is 0.573 e. The van der Waals surface area contributed by atoms with Crippen LogP contribution in [0.4, 0.5) is 22.0 Å². The molecule has 0 aliphatic carbocycles. The highest BCUT2D eigenvalue weighted by Crippen LogP contribution is 2.38. The summed E-state index contributed by atoms with van der Waals surface area (Å²) in [5.41, 5.74) is -0.177. The smallest absolute Gasteiger partial charge is 0.405 e. The summed E-state index contributed by atoms with van der Waals surface area (Å²) in [6.45, 7) is 1.67. The van der Waals surface area contributed by atoms with Crippen LogP contribution in [-0.4, -0.2) is 43.9 Å². The van der Waals surface area contributed by atoms with Crippen LogP contribution in [0.5, 0.6) is 5.75 Å². The zero-order valence-corrected chi connectivity index (χ0v) is 12.9. The van der Waals surface area contributed by atoms with E-state index in [9.17, 15) is 22.0 Å². The molecule has 1 N–H and O–H groups in total. The minimum Gasteiger partial charge on any atom is -0.405 e. The summed E-state index contributed by atoms with van der Waals surface area (Å²) in [4.78, 5) is 1.46. The van der Waals surface area contributed by atoms with Gasteiger partial charge in [-0.05, 0) is 18.2 Å². The maximum absolute atomic E-state index is 13.5.